The van der Waals surface area contributed by atoms with Gasteiger partial charge in [-0.05, 0) is 32.1 Å². The van der Waals surface area contributed by atoms with Gasteiger partial charge >= 0.3 is 0 Å². The molecule has 0 aliphatic heterocycles. The Balaban J connectivity index is 2.32. The predicted molar refractivity (Wildman–Crippen MR) is 51.0 cm³/mol. The normalized spacial score (nSPS) is 29.2. The number of aldehydes is 1. The van der Waals surface area contributed by atoms with Crippen molar-refractivity contribution >= 4 is 6.29 Å². The van der Waals surface area contributed by atoms with Crippen LogP contribution in [-0.4, -0.2) is 6.29 Å². The molecular weight excluding hydrogens is 148 g/mol. The minimum atomic E-state index is 0.327. The average molecular weight is 166 g/mol. The van der Waals surface area contributed by atoms with Crippen molar-refractivity contribution in [3.63, 3.8) is 0 Å². The molecule has 1 atom stereocenters. The molecule has 0 aromatic carbocycles. The van der Waals surface area contributed by atoms with Crippen LogP contribution in [0.1, 0.15) is 44.9 Å². The van der Waals surface area contributed by atoms with E-state index in [0.29, 0.717) is 5.92 Å². The molecule has 0 saturated heterocycles. The van der Waals surface area contributed by atoms with E-state index in [1.807, 2.05) is 0 Å². The molecular formula is C11H18O. The zero-order chi connectivity index (χ0) is 8.65. The predicted octanol–water partition coefficient (Wildman–Crippen LogP) is 3.10. The van der Waals surface area contributed by atoms with Gasteiger partial charge in [0.05, 0.1) is 0 Å². The van der Waals surface area contributed by atoms with Gasteiger partial charge in [-0.2, -0.15) is 0 Å². The average Bonchev–Trinajstić information content (AvgIpc) is 2.14. The molecule has 0 radical (unpaired) electrons. The summed E-state index contributed by atoms with van der Waals surface area (Å²) < 4.78 is 0. The summed E-state index contributed by atoms with van der Waals surface area (Å²) in [6, 6.07) is 0. The van der Waals surface area contributed by atoms with Crippen molar-refractivity contribution in [2.75, 3.05) is 0 Å². The molecule has 1 unspecified atom stereocenters. The van der Waals surface area contributed by atoms with Crippen LogP contribution in [0.3, 0.4) is 0 Å². The molecule has 0 heterocycles. The third-order valence-electron chi connectivity index (χ3n) is 2.51. The van der Waals surface area contributed by atoms with E-state index in [0.717, 1.165) is 25.5 Å². The maximum atomic E-state index is 10.6. The summed E-state index contributed by atoms with van der Waals surface area (Å²) in [6.45, 7) is 0. The quantitative estimate of drug-likeness (QED) is 0.432. The fraction of sp³-hybridized carbons (Fsp3) is 0.727. The fourth-order valence-electron chi connectivity index (χ4n) is 1.67. The number of hydrogen-bond acceptors (Lipinski definition) is 1. The van der Waals surface area contributed by atoms with Gasteiger partial charge < -0.3 is 4.79 Å². The molecule has 0 spiro atoms. The molecule has 1 nitrogen and oxygen atoms in total. The van der Waals surface area contributed by atoms with Crippen LogP contribution in [0.4, 0.5) is 0 Å². The highest BCUT2D eigenvalue weighted by Crippen LogP contribution is 2.16. The summed E-state index contributed by atoms with van der Waals surface area (Å²) in [5.41, 5.74) is 0. The minimum absolute atomic E-state index is 0.327. The Hall–Kier alpha value is -0.590. The number of allylic oxidation sites excluding steroid dienone is 2. The van der Waals surface area contributed by atoms with E-state index >= 15 is 0 Å². The van der Waals surface area contributed by atoms with Crippen LogP contribution >= 0.6 is 0 Å². The summed E-state index contributed by atoms with van der Waals surface area (Å²) in [4.78, 5) is 10.6. The van der Waals surface area contributed by atoms with E-state index < -0.39 is 0 Å². The zero-order valence-corrected chi connectivity index (χ0v) is 7.67. The zero-order valence-electron chi connectivity index (χ0n) is 7.67. The highest BCUT2D eigenvalue weighted by atomic mass is 16.1. The number of hydrogen-bond donors (Lipinski definition) is 0. The highest BCUT2D eigenvalue weighted by molar-refractivity contribution is 5.53. The van der Waals surface area contributed by atoms with Crippen LogP contribution in [-0.2, 0) is 4.79 Å². The van der Waals surface area contributed by atoms with Gasteiger partial charge in [0.2, 0.25) is 0 Å². The van der Waals surface area contributed by atoms with Crippen LogP contribution in [0, 0.1) is 5.92 Å². The second kappa shape index (κ2) is 5.99. The van der Waals surface area contributed by atoms with Gasteiger partial charge in [0, 0.05) is 5.92 Å². The van der Waals surface area contributed by atoms with Gasteiger partial charge in [0.15, 0.2) is 0 Å². The largest absolute Gasteiger partial charge is 0.303 e. The molecule has 0 N–H and O–H groups in total. The van der Waals surface area contributed by atoms with Gasteiger partial charge in [0.1, 0.15) is 6.29 Å². The Kier molecular flexibility index (Phi) is 4.74. The smallest absolute Gasteiger partial charge is 0.123 e. The maximum Gasteiger partial charge on any atom is 0.123 e. The van der Waals surface area contributed by atoms with E-state index in [4.69, 9.17) is 0 Å². The molecule has 0 amide bonds. The minimum Gasteiger partial charge on any atom is -0.303 e. The molecule has 12 heavy (non-hydrogen) atoms. The molecule has 68 valence electrons. The van der Waals surface area contributed by atoms with Crippen molar-refractivity contribution in [3.8, 4) is 0 Å². The molecule has 1 aliphatic carbocycles. The van der Waals surface area contributed by atoms with Gasteiger partial charge in [-0.25, -0.2) is 0 Å². The lowest BCUT2D eigenvalue weighted by Gasteiger charge is -2.09. The summed E-state index contributed by atoms with van der Waals surface area (Å²) in [7, 11) is 0. The summed E-state index contributed by atoms with van der Waals surface area (Å²) in [6.07, 6.45) is 13.9. The lowest BCUT2D eigenvalue weighted by molar-refractivity contribution is -0.111. The Morgan fingerprint density at radius 3 is 2.67 bits per heavy atom. The molecule has 0 bridgehead atoms. The van der Waals surface area contributed by atoms with Gasteiger partial charge in [-0.3, -0.25) is 0 Å². The molecule has 0 aromatic rings. The van der Waals surface area contributed by atoms with Crippen molar-refractivity contribution in [3.05, 3.63) is 12.2 Å². The van der Waals surface area contributed by atoms with Crippen molar-refractivity contribution < 1.29 is 4.79 Å². The molecule has 1 rings (SSSR count). The third kappa shape index (κ3) is 3.70. The lowest BCUT2D eigenvalue weighted by Crippen LogP contribution is -2.01. The summed E-state index contributed by atoms with van der Waals surface area (Å²) in [5.74, 6) is 0.327. The first kappa shape index (κ1) is 9.50. The number of rotatable bonds is 1. The van der Waals surface area contributed by atoms with E-state index in [9.17, 15) is 4.79 Å². The first-order chi connectivity index (χ1) is 5.93. The van der Waals surface area contributed by atoms with Crippen LogP contribution in [0.15, 0.2) is 12.2 Å². The molecule has 0 saturated carbocycles. The van der Waals surface area contributed by atoms with E-state index in [2.05, 4.69) is 12.2 Å². The van der Waals surface area contributed by atoms with Crippen molar-refractivity contribution in [2.24, 2.45) is 5.92 Å². The van der Waals surface area contributed by atoms with Crippen LogP contribution < -0.4 is 0 Å². The summed E-state index contributed by atoms with van der Waals surface area (Å²) in [5, 5.41) is 0. The van der Waals surface area contributed by atoms with Crippen LogP contribution in [0.5, 0.6) is 0 Å². The fourth-order valence-corrected chi connectivity index (χ4v) is 1.67. The van der Waals surface area contributed by atoms with Crippen molar-refractivity contribution in [2.45, 2.75) is 44.9 Å². The monoisotopic (exact) mass is 166 g/mol. The standard InChI is InChI=1S/C11H18O/c12-10-11-8-6-4-2-1-3-5-7-9-11/h2,4,10-11H,1,3,5-9H2/b4-2+. The number of carbonyl (C=O) groups excluding carboxylic acids is 1. The second-order valence-corrected chi connectivity index (χ2v) is 3.58. The van der Waals surface area contributed by atoms with Gasteiger partial charge in [0.25, 0.3) is 0 Å². The molecule has 0 aromatic heterocycles. The topological polar surface area (TPSA) is 17.1 Å². The Bertz CT molecular complexity index is 149. The first-order valence-electron chi connectivity index (χ1n) is 5.04. The van der Waals surface area contributed by atoms with Gasteiger partial charge in [-0.1, -0.05) is 25.0 Å². The highest BCUT2D eigenvalue weighted by Gasteiger charge is 2.06. The maximum absolute atomic E-state index is 10.6. The van der Waals surface area contributed by atoms with Crippen LogP contribution in [0.25, 0.3) is 0 Å². The second-order valence-electron chi connectivity index (χ2n) is 3.58. The van der Waals surface area contributed by atoms with Crippen molar-refractivity contribution in [1.29, 1.82) is 0 Å². The lowest BCUT2D eigenvalue weighted by atomic mass is 9.96. The van der Waals surface area contributed by atoms with E-state index in [1.54, 1.807) is 0 Å². The Labute approximate surface area is 74.9 Å². The molecule has 1 aliphatic rings. The van der Waals surface area contributed by atoms with Crippen molar-refractivity contribution in [1.82, 2.24) is 0 Å². The number of carbonyl (C=O) groups is 1. The molecule has 1 heteroatoms. The Morgan fingerprint density at radius 1 is 1.00 bits per heavy atom. The molecule has 0 fully saturated rings. The van der Waals surface area contributed by atoms with E-state index in [-0.39, 0.29) is 0 Å². The van der Waals surface area contributed by atoms with E-state index in [1.165, 1.54) is 25.7 Å². The first-order valence-corrected chi connectivity index (χ1v) is 5.04. The summed E-state index contributed by atoms with van der Waals surface area (Å²) >= 11 is 0. The SMILES string of the molecule is O=CC1CC/C=C/CCCCC1. The third-order valence-corrected chi connectivity index (χ3v) is 2.51. The van der Waals surface area contributed by atoms with Gasteiger partial charge in [-0.15, -0.1) is 0 Å². The van der Waals surface area contributed by atoms with Crippen LogP contribution in [0.2, 0.25) is 0 Å². The Morgan fingerprint density at radius 2 is 1.83 bits per heavy atom.